The van der Waals surface area contributed by atoms with E-state index in [1.807, 2.05) is 17.0 Å². The number of hydrogen-bond donors (Lipinski definition) is 1. The molecule has 3 heterocycles. The first kappa shape index (κ1) is 27.3. The second-order valence-corrected chi connectivity index (χ2v) is 14.4. The number of amides is 2. The monoisotopic (exact) mass is 557 g/mol. The van der Waals surface area contributed by atoms with Gasteiger partial charge in [0.15, 0.2) is 9.84 Å². The lowest BCUT2D eigenvalue weighted by molar-refractivity contribution is -0.139. The second-order valence-electron chi connectivity index (χ2n) is 11.4. The van der Waals surface area contributed by atoms with Crippen molar-refractivity contribution < 1.29 is 18.0 Å². The summed E-state index contributed by atoms with van der Waals surface area (Å²) in [5.74, 6) is 0.618. The first-order valence-corrected chi connectivity index (χ1v) is 16.7. The van der Waals surface area contributed by atoms with Gasteiger partial charge in [0.1, 0.15) is 0 Å². The molecule has 0 radical (unpaired) electrons. The fourth-order valence-electron chi connectivity index (χ4n) is 6.34. The fraction of sp³-hybridized carbons (Fsp3) is 0.586. The molecule has 9 heteroatoms. The first-order chi connectivity index (χ1) is 18.2. The highest BCUT2D eigenvalue weighted by Crippen LogP contribution is 2.42. The van der Waals surface area contributed by atoms with Crippen LogP contribution in [0.3, 0.4) is 0 Å². The molecule has 1 aromatic carbocycles. The number of benzene rings is 1. The van der Waals surface area contributed by atoms with Crippen molar-refractivity contribution >= 4 is 33.0 Å². The van der Waals surface area contributed by atoms with Crippen LogP contribution in [-0.2, 0) is 26.0 Å². The number of thiophene rings is 1. The van der Waals surface area contributed by atoms with Crippen LogP contribution >= 0.6 is 11.3 Å². The third-order valence-electron chi connectivity index (χ3n) is 8.80. The van der Waals surface area contributed by atoms with Crippen LogP contribution < -0.4 is 5.32 Å². The minimum atomic E-state index is -3.22. The Kier molecular flexibility index (Phi) is 8.26. The fourth-order valence-corrected chi connectivity index (χ4v) is 7.78. The number of likely N-dealkylation sites (tertiary alicyclic amines) is 2. The summed E-state index contributed by atoms with van der Waals surface area (Å²) in [4.78, 5) is 32.2. The molecule has 7 nitrogen and oxygen atoms in total. The van der Waals surface area contributed by atoms with E-state index in [2.05, 4.69) is 27.7 Å². The number of carbonyl (C=O) groups is 2. The normalized spacial score (nSPS) is 21.3. The lowest BCUT2D eigenvalue weighted by atomic mass is 9.77. The minimum absolute atomic E-state index is 0.0525. The van der Waals surface area contributed by atoms with Crippen LogP contribution in [0.4, 0.5) is 0 Å². The molecule has 0 bridgehead atoms. The van der Waals surface area contributed by atoms with Gasteiger partial charge in [-0.3, -0.25) is 9.59 Å². The number of rotatable bonds is 9. The first-order valence-electron chi connectivity index (χ1n) is 13.9. The number of piperidine rings is 1. The van der Waals surface area contributed by atoms with Gasteiger partial charge in [0.05, 0.1) is 16.4 Å². The van der Waals surface area contributed by atoms with Crippen LogP contribution in [0.5, 0.6) is 0 Å². The average molecular weight is 558 g/mol. The van der Waals surface area contributed by atoms with E-state index < -0.39 is 9.84 Å². The molecule has 2 aromatic rings. The number of sulfone groups is 1. The molecule has 1 N–H and O–H groups in total. The van der Waals surface area contributed by atoms with Gasteiger partial charge in [0, 0.05) is 36.7 Å². The largest absolute Gasteiger partial charge is 0.348 e. The zero-order valence-corrected chi connectivity index (χ0v) is 23.9. The van der Waals surface area contributed by atoms with E-state index in [0.29, 0.717) is 11.4 Å². The number of nitrogens with one attached hydrogen (secondary N) is 1. The summed E-state index contributed by atoms with van der Waals surface area (Å²) in [6.45, 7) is 3.98. The zero-order chi connectivity index (χ0) is 26.8. The molecule has 3 fully saturated rings. The van der Waals surface area contributed by atoms with Crippen molar-refractivity contribution in [2.45, 2.75) is 68.8 Å². The Labute approximate surface area is 230 Å². The second kappa shape index (κ2) is 11.5. The molecule has 1 unspecified atom stereocenters. The van der Waals surface area contributed by atoms with Crippen LogP contribution in [0, 0.1) is 11.3 Å². The van der Waals surface area contributed by atoms with Crippen molar-refractivity contribution in [2.24, 2.45) is 11.3 Å². The van der Waals surface area contributed by atoms with Crippen molar-refractivity contribution in [3.05, 3.63) is 52.2 Å². The van der Waals surface area contributed by atoms with Crippen molar-refractivity contribution in [3.8, 4) is 0 Å². The van der Waals surface area contributed by atoms with Crippen LogP contribution in [-0.4, -0.2) is 62.5 Å². The Balaban J connectivity index is 1.13. The van der Waals surface area contributed by atoms with E-state index in [-0.39, 0.29) is 29.2 Å². The highest BCUT2D eigenvalue weighted by Gasteiger charge is 2.47. The maximum atomic E-state index is 13.5. The Morgan fingerprint density at radius 1 is 1.08 bits per heavy atom. The highest BCUT2D eigenvalue weighted by atomic mass is 32.2. The summed E-state index contributed by atoms with van der Waals surface area (Å²) in [6.07, 6.45) is 9.04. The lowest BCUT2D eigenvalue weighted by Crippen LogP contribution is -2.45. The maximum Gasteiger partial charge on any atom is 0.229 e. The van der Waals surface area contributed by atoms with Crippen LogP contribution in [0.2, 0.25) is 0 Å². The van der Waals surface area contributed by atoms with E-state index in [1.54, 1.807) is 23.5 Å². The molecule has 2 amide bonds. The van der Waals surface area contributed by atoms with Crippen LogP contribution in [0.1, 0.15) is 67.8 Å². The molecule has 1 saturated carbocycles. The standard InChI is InChI=1S/C29H39N3O4S2/c1-38(35,36)24-10-8-22(9-11-24)21-32-19-15-29(28(32)34)13-17-31(18-14-29)16-12-25(26-7-4-20-37-26)30-27(33)23-5-2-3-6-23/h4,7-11,20,23,25H,2-3,5-6,12-19,21H2,1H3,(H,30,33). The molecule has 1 aliphatic carbocycles. The Hall–Kier alpha value is -2.23. The molecule has 1 spiro atoms. The number of hydrogen-bond acceptors (Lipinski definition) is 6. The average Bonchev–Trinajstić information content (AvgIpc) is 3.68. The molecule has 5 rings (SSSR count). The predicted molar refractivity (Wildman–Crippen MR) is 149 cm³/mol. The maximum absolute atomic E-state index is 13.5. The van der Waals surface area contributed by atoms with Crippen molar-refractivity contribution in [1.82, 2.24) is 15.1 Å². The van der Waals surface area contributed by atoms with Crippen molar-refractivity contribution in [2.75, 3.05) is 32.4 Å². The highest BCUT2D eigenvalue weighted by molar-refractivity contribution is 7.90. The molecule has 2 aliphatic heterocycles. The summed E-state index contributed by atoms with van der Waals surface area (Å²) in [5, 5.41) is 5.42. The zero-order valence-electron chi connectivity index (χ0n) is 22.2. The molecule has 1 aromatic heterocycles. The van der Waals surface area contributed by atoms with Gasteiger partial charge in [-0.2, -0.15) is 0 Å². The quantitative estimate of drug-likeness (QED) is 0.494. The summed E-state index contributed by atoms with van der Waals surface area (Å²) in [7, 11) is -3.22. The minimum Gasteiger partial charge on any atom is -0.348 e. The van der Waals surface area contributed by atoms with Gasteiger partial charge in [0.2, 0.25) is 11.8 Å². The van der Waals surface area contributed by atoms with E-state index in [1.165, 1.54) is 11.1 Å². The summed E-state index contributed by atoms with van der Waals surface area (Å²) >= 11 is 1.71. The molecule has 3 aliphatic rings. The Morgan fingerprint density at radius 2 is 1.76 bits per heavy atom. The SMILES string of the molecule is CS(=O)(=O)c1ccc(CN2CCC3(CCN(CCC(NC(=O)C4CCCC4)c4cccs4)CC3)C2=O)cc1. The van der Waals surface area contributed by atoms with Gasteiger partial charge in [-0.1, -0.05) is 31.0 Å². The van der Waals surface area contributed by atoms with Gasteiger partial charge >= 0.3 is 0 Å². The molecule has 2 saturated heterocycles. The Bertz CT molecular complexity index is 1210. The van der Waals surface area contributed by atoms with E-state index >= 15 is 0 Å². The summed E-state index contributed by atoms with van der Waals surface area (Å²) < 4.78 is 23.5. The predicted octanol–water partition coefficient (Wildman–Crippen LogP) is 4.40. The molecule has 1 atom stereocenters. The van der Waals surface area contributed by atoms with Crippen molar-refractivity contribution in [3.63, 3.8) is 0 Å². The topological polar surface area (TPSA) is 86.8 Å². The van der Waals surface area contributed by atoms with Gasteiger partial charge < -0.3 is 15.1 Å². The van der Waals surface area contributed by atoms with Gasteiger partial charge in [-0.05, 0) is 80.8 Å². The Morgan fingerprint density at radius 3 is 2.39 bits per heavy atom. The van der Waals surface area contributed by atoms with E-state index in [9.17, 15) is 18.0 Å². The summed E-state index contributed by atoms with van der Waals surface area (Å²) in [5.41, 5.74) is 0.687. The van der Waals surface area contributed by atoms with Crippen molar-refractivity contribution in [1.29, 1.82) is 0 Å². The van der Waals surface area contributed by atoms with E-state index in [0.717, 1.165) is 83.1 Å². The van der Waals surface area contributed by atoms with Gasteiger partial charge in [-0.15, -0.1) is 11.3 Å². The van der Waals surface area contributed by atoms with Gasteiger partial charge in [-0.25, -0.2) is 8.42 Å². The van der Waals surface area contributed by atoms with E-state index in [4.69, 9.17) is 0 Å². The molecule has 206 valence electrons. The third-order valence-corrected chi connectivity index (χ3v) is 10.9. The molecular weight excluding hydrogens is 518 g/mol. The number of carbonyl (C=O) groups excluding carboxylic acids is 2. The van der Waals surface area contributed by atoms with Crippen LogP contribution in [0.15, 0.2) is 46.7 Å². The molecule has 38 heavy (non-hydrogen) atoms. The lowest BCUT2D eigenvalue weighted by Gasteiger charge is -2.38. The molecular formula is C29H39N3O4S2. The van der Waals surface area contributed by atoms with Gasteiger partial charge in [0.25, 0.3) is 0 Å². The summed E-state index contributed by atoms with van der Waals surface area (Å²) in [6, 6.07) is 11.1. The number of nitrogens with zero attached hydrogens (tertiary/aromatic N) is 2. The smallest absolute Gasteiger partial charge is 0.229 e. The van der Waals surface area contributed by atoms with Crippen LogP contribution in [0.25, 0.3) is 0 Å². The third kappa shape index (κ3) is 6.15.